The van der Waals surface area contributed by atoms with Gasteiger partial charge in [-0.3, -0.25) is 0 Å². The first-order valence-electron chi connectivity index (χ1n) is 6.35. The van der Waals surface area contributed by atoms with Crippen molar-refractivity contribution in [1.82, 2.24) is 19.5 Å². The molecule has 2 heterocycles. The number of hydrogen-bond acceptors (Lipinski definition) is 5. The van der Waals surface area contributed by atoms with Crippen LogP contribution in [0.25, 0.3) is 11.2 Å². The summed E-state index contributed by atoms with van der Waals surface area (Å²) >= 11 is 0. The van der Waals surface area contributed by atoms with Crippen LogP contribution in [0.1, 0.15) is 0 Å². The topological polar surface area (TPSA) is 64.9 Å². The van der Waals surface area contributed by atoms with Crippen molar-refractivity contribution in [3.63, 3.8) is 0 Å². The average molecular weight is 269 g/mol. The number of fused-ring (bicyclic) bond motifs is 1. The first kappa shape index (κ1) is 12.6. The predicted octanol–water partition coefficient (Wildman–Crippen LogP) is 2.22. The van der Waals surface area contributed by atoms with E-state index in [1.807, 2.05) is 34.9 Å². The lowest BCUT2D eigenvalue weighted by Gasteiger charge is -2.06. The third-order valence-corrected chi connectivity index (χ3v) is 2.97. The molecule has 6 nitrogen and oxygen atoms in total. The highest BCUT2D eigenvalue weighted by Gasteiger charge is 2.09. The molecule has 0 fully saturated rings. The Hall–Kier alpha value is -2.47. The molecule has 3 rings (SSSR count). The molecule has 20 heavy (non-hydrogen) atoms. The molecule has 6 heteroatoms. The smallest absolute Gasteiger partial charge is 0.165 e. The zero-order valence-electron chi connectivity index (χ0n) is 11.2. The van der Waals surface area contributed by atoms with Gasteiger partial charge in [0, 0.05) is 19.3 Å². The van der Waals surface area contributed by atoms with Crippen LogP contribution >= 0.6 is 0 Å². The first-order valence-corrected chi connectivity index (χ1v) is 6.35. The standard InChI is InChI=1S/C14H15N5O/c1-20-8-7-19-10-17-12-13(15-9-16-14(12)19)18-11-5-3-2-4-6-11/h2-6,9-10H,7-8H2,1H3,(H,15,16,18). The monoisotopic (exact) mass is 269 g/mol. The van der Waals surface area contributed by atoms with Gasteiger partial charge in [-0.15, -0.1) is 0 Å². The summed E-state index contributed by atoms with van der Waals surface area (Å²) in [5, 5.41) is 3.26. The normalized spacial score (nSPS) is 10.8. The maximum atomic E-state index is 5.08. The second-order valence-electron chi connectivity index (χ2n) is 4.32. The molecule has 0 saturated heterocycles. The van der Waals surface area contributed by atoms with Gasteiger partial charge in [-0.1, -0.05) is 18.2 Å². The third kappa shape index (κ3) is 2.46. The molecule has 0 unspecified atom stereocenters. The molecular weight excluding hydrogens is 254 g/mol. The number of benzene rings is 1. The SMILES string of the molecule is COCCn1cnc2c(Nc3ccccc3)ncnc21. The minimum Gasteiger partial charge on any atom is -0.383 e. The Kier molecular flexibility index (Phi) is 3.56. The zero-order valence-corrected chi connectivity index (χ0v) is 11.2. The van der Waals surface area contributed by atoms with Crippen LogP contribution in [-0.4, -0.2) is 33.2 Å². The van der Waals surface area contributed by atoms with Gasteiger partial charge < -0.3 is 14.6 Å². The summed E-state index contributed by atoms with van der Waals surface area (Å²) in [5.74, 6) is 0.706. The number of aromatic nitrogens is 4. The maximum Gasteiger partial charge on any atom is 0.165 e. The fourth-order valence-corrected chi connectivity index (χ4v) is 1.98. The molecular formula is C14H15N5O. The van der Waals surface area contributed by atoms with Gasteiger partial charge in [0.15, 0.2) is 17.0 Å². The van der Waals surface area contributed by atoms with E-state index in [0.29, 0.717) is 12.4 Å². The van der Waals surface area contributed by atoms with Crippen LogP contribution in [0.4, 0.5) is 11.5 Å². The quantitative estimate of drug-likeness (QED) is 0.769. The van der Waals surface area contributed by atoms with Crippen molar-refractivity contribution in [2.24, 2.45) is 0 Å². The summed E-state index contributed by atoms with van der Waals surface area (Å²) < 4.78 is 7.04. The van der Waals surface area contributed by atoms with Crippen molar-refractivity contribution >= 4 is 22.7 Å². The fraction of sp³-hybridized carbons (Fsp3) is 0.214. The Bertz CT molecular complexity index is 695. The molecule has 0 radical (unpaired) electrons. The molecule has 0 amide bonds. The molecule has 0 atom stereocenters. The van der Waals surface area contributed by atoms with Gasteiger partial charge in [-0.05, 0) is 12.1 Å². The van der Waals surface area contributed by atoms with E-state index in [2.05, 4.69) is 20.3 Å². The maximum absolute atomic E-state index is 5.08. The van der Waals surface area contributed by atoms with E-state index < -0.39 is 0 Å². The van der Waals surface area contributed by atoms with E-state index in [9.17, 15) is 0 Å². The number of methoxy groups -OCH3 is 1. The minimum absolute atomic E-state index is 0.622. The molecule has 1 N–H and O–H groups in total. The Labute approximate surface area is 116 Å². The highest BCUT2D eigenvalue weighted by molar-refractivity contribution is 5.84. The second kappa shape index (κ2) is 5.66. The molecule has 102 valence electrons. The molecule has 0 aliphatic carbocycles. The van der Waals surface area contributed by atoms with Crippen molar-refractivity contribution in [1.29, 1.82) is 0 Å². The Balaban J connectivity index is 1.94. The summed E-state index contributed by atoms with van der Waals surface area (Å²) in [6, 6.07) is 9.88. The van der Waals surface area contributed by atoms with Crippen molar-refractivity contribution in [3.05, 3.63) is 43.0 Å². The van der Waals surface area contributed by atoms with Gasteiger partial charge in [-0.2, -0.15) is 0 Å². The Morgan fingerprint density at radius 3 is 2.80 bits per heavy atom. The van der Waals surface area contributed by atoms with Gasteiger partial charge in [0.25, 0.3) is 0 Å². The highest BCUT2D eigenvalue weighted by atomic mass is 16.5. The zero-order chi connectivity index (χ0) is 13.8. The Morgan fingerprint density at radius 1 is 1.15 bits per heavy atom. The molecule has 1 aromatic carbocycles. The van der Waals surface area contributed by atoms with Crippen LogP contribution < -0.4 is 5.32 Å². The number of imidazole rings is 1. The summed E-state index contributed by atoms with van der Waals surface area (Å²) in [6.07, 6.45) is 3.30. The van der Waals surface area contributed by atoms with E-state index in [1.165, 1.54) is 0 Å². The van der Waals surface area contributed by atoms with Gasteiger partial charge >= 0.3 is 0 Å². The summed E-state index contributed by atoms with van der Waals surface area (Å²) in [5.41, 5.74) is 2.53. The number of ether oxygens (including phenoxy) is 1. The fourth-order valence-electron chi connectivity index (χ4n) is 1.98. The van der Waals surface area contributed by atoms with Crippen molar-refractivity contribution < 1.29 is 4.74 Å². The third-order valence-electron chi connectivity index (χ3n) is 2.97. The molecule has 0 spiro atoms. The largest absolute Gasteiger partial charge is 0.383 e. The van der Waals surface area contributed by atoms with Crippen LogP contribution in [-0.2, 0) is 11.3 Å². The van der Waals surface area contributed by atoms with E-state index in [-0.39, 0.29) is 0 Å². The van der Waals surface area contributed by atoms with Crippen LogP contribution in [0.2, 0.25) is 0 Å². The van der Waals surface area contributed by atoms with Crippen molar-refractivity contribution in [3.8, 4) is 0 Å². The molecule has 0 bridgehead atoms. The summed E-state index contributed by atoms with van der Waals surface area (Å²) in [6.45, 7) is 1.34. The van der Waals surface area contributed by atoms with Gasteiger partial charge in [-0.25, -0.2) is 15.0 Å². The number of nitrogens with zero attached hydrogens (tertiary/aromatic N) is 4. The van der Waals surface area contributed by atoms with E-state index in [1.54, 1.807) is 19.8 Å². The number of nitrogens with one attached hydrogen (secondary N) is 1. The van der Waals surface area contributed by atoms with Gasteiger partial charge in [0.1, 0.15) is 6.33 Å². The Morgan fingerprint density at radius 2 is 2.00 bits per heavy atom. The molecule has 0 saturated carbocycles. The second-order valence-corrected chi connectivity index (χ2v) is 4.32. The van der Waals surface area contributed by atoms with Gasteiger partial charge in [0.2, 0.25) is 0 Å². The lowest BCUT2D eigenvalue weighted by Crippen LogP contribution is -2.04. The van der Waals surface area contributed by atoms with E-state index in [4.69, 9.17) is 4.74 Å². The number of hydrogen-bond donors (Lipinski definition) is 1. The van der Waals surface area contributed by atoms with Crippen molar-refractivity contribution in [2.45, 2.75) is 6.54 Å². The van der Waals surface area contributed by atoms with Crippen LogP contribution in [0.3, 0.4) is 0 Å². The molecule has 0 aliphatic rings. The summed E-state index contributed by atoms with van der Waals surface area (Å²) in [7, 11) is 1.68. The number of rotatable bonds is 5. The minimum atomic E-state index is 0.622. The average Bonchev–Trinajstić information content (AvgIpc) is 2.90. The lowest BCUT2D eigenvalue weighted by molar-refractivity contribution is 0.188. The lowest BCUT2D eigenvalue weighted by atomic mass is 10.3. The van der Waals surface area contributed by atoms with E-state index in [0.717, 1.165) is 23.4 Å². The number of para-hydroxylation sites is 1. The highest BCUT2D eigenvalue weighted by Crippen LogP contribution is 2.21. The molecule has 0 aliphatic heterocycles. The molecule has 3 aromatic rings. The van der Waals surface area contributed by atoms with Crippen LogP contribution in [0, 0.1) is 0 Å². The molecule has 2 aromatic heterocycles. The van der Waals surface area contributed by atoms with Crippen LogP contribution in [0.5, 0.6) is 0 Å². The first-order chi connectivity index (χ1) is 9.88. The predicted molar refractivity (Wildman–Crippen MR) is 76.9 cm³/mol. The number of anilines is 2. The van der Waals surface area contributed by atoms with Gasteiger partial charge in [0.05, 0.1) is 12.9 Å². The van der Waals surface area contributed by atoms with E-state index >= 15 is 0 Å². The summed E-state index contributed by atoms with van der Waals surface area (Å²) in [4.78, 5) is 12.9. The van der Waals surface area contributed by atoms with Crippen LogP contribution in [0.15, 0.2) is 43.0 Å². The van der Waals surface area contributed by atoms with Crippen molar-refractivity contribution in [2.75, 3.05) is 19.0 Å².